The highest BCUT2D eigenvalue weighted by Gasteiger charge is 2.57. The molecule has 10 heteroatoms. The Labute approximate surface area is 200 Å². The van der Waals surface area contributed by atoms with Gasteiger partial charge in [0.2, 0.25) is 5.91 Å². The van der Waals surface area contributed by atoms with Gasteiger partial charge in [0.05, 0.1) is 5.92 Å². The van der Waals surface area contributed by atoms with Gasteiger partial charge in [-0.15, -0.1) is 0 Å². The van der Waals surface area contributed by atoms with E-state index in [4.69, 9.17) is 11.6 Å². The van der Waals surface area contributed by atoms with Crippen molar-refractivity contribution in [3.05, 3.63) is 70.8 Å². The normalized spacial score (nSPS) is 22.3. The lowest BCUT2D eigenvalue weighted by Gasteiger charge is -2.33. The van der Waals surface area contributed by atoms with E-state index in [1.807, 2.05) is 13.8 Å². The van der Waals surface area contributed by atoms with E-state index in [0.717, 1.165) is 5.01 Å². The highest BCUT2D eigenvalue weighted by atomic mass is 35.5. The minimum absolute atomic E-state index is 0.107. The molecule has 0 bridgehead atoms. The molecular weight excluding hydrogens is 469 g/mol. The molecule has 180 valence electrons. The lowest BCUT2D eigenvalue weighted by molar-refractivity contribution is -0.161. The number of nitrogens with one attached hydrogen (secondary N) is 3. The zero-order valence-corrected chi connectivity index (χ0v) is 19.2. The molecule has 3 atom stereocenters. The van der Waals surface area contributed by atoms with Gasteiger partial charge in [0.1, 0.15) is 12.2 Å². The second-order valence-electron chi connectivity index (χ2n) is 8.80. The molecule has 2 aliphatic rings. The first-order valence-corrected chi connectivity index (χ1v) is 11.2. The van der Waals surface area contributed by atoms with Crippen LogP contribution in [-0.4, -0.2) is 35.2 Å². The van der Waals surface area contributed by atoms with Gasteiger partial charge in [-0.1, -0.05) is 49.7 Å². The minimum atomic E-state index is -4.58. The van der Waals surface area contributed by atoms with E-state index in [1.165, 1.54) is 30.3 Å². The molecule has 0 aliphatic carbocycles. The third-order valence-corrected chi connectivity index (χ3v) is 6.00. The molecule has 0 radical (unpaired) electrons. The molecule has 1 saturated heterocycles. The molecule has 2 aromatic rings. The van der Waals surface area contributed by atoms with Crippen LogP contribution in [0.4, 0.5) is 18.9 Å². The van der Waals surface area contributed by atoms with Gasteiger partial charge in [0.15, 0.2) is 0 Å². The van der Waals surface area contributed by atoms with Gasteiger partial charge in [-0.3, -0.25) is 14.6 Å². The number of rotatable bonds is 5. The second-order valence-corrected chi connectivity index (χ2v) is 9.24. The van der Waals surface area contributed by atoms with E-state index < -0.39 is 30.2 Å². The number of anilines is 1. The van der Waals surface area contributed by atoms with Crippen molar-refractivity contribution >= 4 is 34.8 Å². The van der Waals surface area contributed by atoms with Crippen LogP contribution < -0.4 is 16.1 Å². The summed E-state index contributed by atoms with van der Waals surface area (Å²) in [7, 11) is 0. The van der Waals surface area contributed by atoms with Gasteiger partial charge in [-0.05, 0) is 41.3 Å². The van der Waals surface area contributed by atoms with Crippen molar-refractivity contribution in [1.29, 1.82) is 0 Å². The average molecular weight is 493 g/mol. The SMILES string of the molecule is CC(C)CC(=O)Nc1ccc(C2=CC(=O)N3NC(C(F)(F)F)C(c4ccc(Cl)cc4)C3N2)cc1. The zero-order valence-electron chi connectivity index (χ0n) is 18.5. The second kappa shape index (κ2) is 9.31. The first kappa shape index (κ1) is 24.1. The molecule has 0 spiro atoms. The Morgan fingerprint density at radius 3 is 2.35 bits per heavy atom. The molecule has 4 rings (SSSR count). The average Bonchev–Trinajstić information content (AvgIpc) is 3.15. The minimum Gasteiger partial charge on any atom is -0.363 e. The number of alkyl halides is 3. The van der Waals surface area contributed by atoms with Gasteiger partial charge in [0.25, 0.3) is 5.91 Å². The maximum absolute atomic E-state index is 13.9. The Balaban J connectivity index is 1.59. The highest BCUT2D eigenvalue weighted by Crippen LogP contribution is 2.41. The molecule has 0 saturated carbocycles. The number of benzene rings is 2. The Morgan fingerprint density at radius 2 is 1.76 bits per heavy atom. The molecule has 3 unspecified atom stereocenters. The van der Waals surface area contributed by atoms with E-state index in [0.29, 0.717) is 34.0 Å². The maximum Gasteiger partial charge on any atom is 0.406 e. The van der Waals surface area contributed by atoms with Crippen molar-refractivity contribution in [2.24, 2.45) is 5.92 Å². The number of fused-ring (bicyclic) bond motifs is 1. The molecule has 2 amide bonds. The van der Waals surface area contributed by atoms with E-state index in [1.54, 1.807) is 24.3 Å². The van der Waals surface area contributed by atoms with Gasteiger partial charge < -0.3 is 10.6 Å². The zero-order chi connectivity index (χ0) is 24.6. The quantitative estimate of drug-likeness (QED) is 0.568. The largest absolute Gasteiger partial charge is 0.406 e. The summed E-state index contributed by atoms with van der Waals surface area (Å²) >= 11 is 5.92. The molecule has 2 aliphatic heterocycles. The Hall–Kier alpha value is -3.04. The van der Waals surface area contributed by atoms with Gasteiger partial charge >= 0.3 is 6.18 Å². The van der Waals surface area contributed by atoms with Crippen molar-refractivity contribution in [3.63, 3.8) is 0 Å². The predicted octanol–water partition coefficient (Wildman–Crippen LogP) is 4.66. The van der Waals surface area contributed by atoms with Crippen LogP contribution in [0.3, 0.4) is 0 Å². The summed E-state index contributed by atoms with van der Waals surface area (Å²) in [5.74, 6) is -1.57. The number of hydrazine groups is 1. The first-order valence-electron chi connectivity index (χ1n) is 10.8. The number of nitrogens with zero attached hydrogens (tertiary/aromatic N) is 1. The van der Waals surface area contributed by atoms with Gasteiger partial charge in [-0.25, -0.2) is 5.43 Å². The van der Waals surface area contributed by atoms with E-state index in [2.05, 4.69) is 16.1 Å². The Morgan fingerprint density at radius 1 is 1.12 bits per heavy atom. The lowest BCUT2D eigenvalue weighted by atomic mass is 9.89. The van der Waals surface area contributed by atoms with Crippen molar-refractivity contribution < 1.29 is 22.8 Å². The summed E-state index contributed by atoms with van der Waals surface area (Å²) in [6, 6.07) is 11.0. The Kier molecular flexibility index (Phi) is 6.60. The predicted molar refractivity (Wildman–Crippen MR) is 123 cm³/mol. The molecule has 34 heavy (non-hydrogen) atoms. The molecule has 3 N–H and O–H groups in total. The monoisotopic (exact) mass is 492 g/mol. The van der Waals surface area contributed by atoms with Crippen LogP contribution >= 0.6 is 11.6 Å². The number of hydrogen-bond donors (Lipinski definition) is 3. The molecule has 6 nitrogen and oxygen atoms in total. The summed E-state index contributed by atoms with van der Waals surface area (Å²) in [6.07, 6.45) is -3.90. The van der Waals surface area contributed by atoms with Crippen LogP contribution in [0.25, 0.3) is 5.70 Å². The van der Waals surface area contributed by atoms with Crippen LogP contribution in [0.2, 0.25) is 5.02 Å². The van der Waals surface area contributed by atoms with Crippen LogP contribution in [0.5, 0.6) is 0 Å². The number of halogens is 4. The van der Waals surface area contributed by atoms with Crippen molar-refractivity contribution in [2.45, 2.75) is 44.6 Å². The van der Waals surface area contributed by atoms with Gasteiger partial charge in [0, 0.05) is 28.9 Å². The topological polar surface area (TPSA) is 73.5 Å². The number of hydrogen-bond acceptors (Lipinski definition) is 4. The fourth-order valence-electron chi connectivity index (χ4n) is 4.22. The molecular formula is C24H24ClF3N4O2. The van der Waals surface area contributed by atoms with Gasteiger partial charge in [-0.2, -0.15) is 13.2 Å². The van der Waals surface area contributed by atoms with Crippen molar-refractivity contribution in [1.82, 2.24) is 15.8 Å². The third kappa shape index (κ3) is 5.05. The fraction of sp³-hybridized carbons (Fsp3) is 0.333. The number of carbonyl (C=O) groups excluding carboxylic acids is 2. The maximum atomic E-state index is 13.9. The summed E-state index contributed by atoms with van der Waals surface area (Å²) in [5, 5.41) is 7.30. The van der Waals surface area contributed by atoms with E-state index in [9.17, 15) is 22.8 Å². The molecule has 1 fully saturated rings. The van der Waals surface area contributed by atoms with Crippen molar-refractivity contribution in [3.8, 4) is 0 Å². The lowest BCUT2D eigenvalue weighted by Crippen LogP contribution is -2.53. The standard InChI is InChI=1S/C24H24ClF3N4O2/c1-13(2)11-19(33)29-17-9-5-14(6-10-17)18-12-20(34)32-23(30-18)21(22(31-32)24(26,27)28)15-3-7-16(25)8-4-15/h3-10,12-13,21-23,30-31H,11H2,1-2H3,(H,29,33). The van der Waals surface area contributed by atoms with Crippen LogP contribution in [-0.2, 0) is 9.59 Å². The number of carbonyl (C=O) groups is 2. The van der Waals surface area contributed by atoms with Crippen molar-refractivity contribution in [2.75, 3.05) is 5.32 Å². The summed E-state index contributed by atoms with van der Waals surface area (Å²) in [4.78, 5) is 24.8. The van der Waals surface area contributed by atoms with Crippen LogP contribution in [0.1, 0.15) is 37.3 Å². The molecule has 2 heterocycles. The van der Waals surface area contributed by atoms with E-state index in [-0.39, 0.29) is 11.8 Å². The summed E-state index contributed by atoms with van der Waals surface area (Å²) in [6.45, 7) is 3.89. The van der Waals surface area contributed by atoms with Crippen LogP contribution in [0.15, 0.2) is 54.6 Å². The summed E-state index contributed by atoms with van der Waals surface area (Å²) < 4.78 is 41.7. The Bertz CT molecular complexity index is 1100. The first-order chi connectivity index (χ1) is 16.0. The molecule has 2 aromatic carbocycles. The highest BCUT2D eigenvalue weighted by molar-refractivity contribution is 6.30. The summed E-state index contributed by atoms with van der Waals surface area (Å²) in [5.41, 5.74) is 4.34. The van der Waals surface area contributed by atoms with Crippen LogP contribution in [0, 0.1) is 5.92 Å². The smallest absolute Gasteiger partial charge is 0.363 e. The fourth-order valence-corrected chi connectivity index (χ4v) is 4.35. The van der Waals surface area contributed by atoms with E-state index >= 15 is 0 Å². The molecule has 0 aromatic heterocycles. The third-order valence-electron chi connectivity index (χ3n) is 5.75. The number of amides is 2.